The smallest absolute Gasteiger partial charge is 0.165 e. The number of ketones is 1. The zero-order chi connectivity index (χ0) is 27.1. The first-order chi connectivity index (χ1) is 18.4. The Kier molecular flexibility index (Phi) is 8.81. The van der Waals surface area contributed by atoms with Gasteiger partial charge in [0, 0.05) is 28.5 Å². The van der Waals surface area contributed by atoms with Crippen LogP contribution in [0.3, 0.4) is 0 Å². The lowest BCUT2D eigenvalue weighted by atomic mass is 9.80. The molecule has 2 atom stereocenters. The number of carbonyl (C=O) groups excluding carboxylic acids is 1. The second-order valence-electron chi connectivity index (χ2n) is 9.87. The molecule has 0 bridgehead atoms. The van der Waals surface area contributed by atoms with Crippen molar-refractivity contribution in [2.45, 2.75) is 44.9 Å². The van der Waals surface area contributed by atoms with E-state index in [1.54, 1.807) is 20.3 Å². The van der Waals surface area contributed by atoms with Crippen LogP contribution in [0.5, 0.6) is 11.5 Å². The topological polar surface area (TPSA) is 59.3 Å². The van der Waals surface area contributed by atoms with Gasteiger partial charge in [0.05, 0.1) is 20.3 Å². The van der Waals surface area contributed by atoms with Crippen molar-refractivity contribution in [1.29, 1.82) is 5.26 Å². The highest BCUT2D eigenvalue weighted by Gasteiger charge is 2.26. The van der Waals surface area contributed by atoms with Crippen LogP contribution in [0.1, 0.15) is 48.3 Å². The Bertz CT molecular complexity index is 1380. The average molecular weight is 506 g/mol. The number of rotatable bonds is 9. The van der Waals surface area contributed by atoms with Crippen molar-refractivity contribution in [3.8, 4) is 28.7 Å². The van der Waals surface area contributed by atoms with Gasteiger partial charge in [-0.1, -0.05) is 61.2 Å². The summed E-state index contributed by atoms with van der Waals surface area (Å²) in [5, 5.41) is 8.92. The zero-order valence-electron chi connectivity index (χ0n) is 22.5. The number of carbonyl (C=O) groups is 1. The van der Waals surface area contributed by atoms with E-state index in [0.717, 1.165) is 70.6 Å². The summed E-state index contributed by atoms with van der Waals surface area (Å²) in [5.41, 5.74) is 6.82. The molecule has 2 aromatic carbocycles. The predicted octanol–water partition coefficient (Wildman–Crippen LogP) is 7.75. The van der Waals surface area contributed by atoms with Crippen LogP contribution in [0.15, 0.2) is 90.6 Å². The number of nitriles is 1. The fourth-order valence-electron chi connectivity index (χ4n) is 5.29. The number of hydrogen-bond donors (Lipinski definition) is 0. The van der Waals surface area contributed by atoms with Gasteiger partial charge >= 0.3 is 0 Å². The molecule has 2 aromatic rings. The molecule has 194 valence electrons. The van der Waals surface area contributed by atoms with Gasteiger partial charge in [-0.3, -0.25) is 4.79 Å². The minimum Gasteiger partial charge on any atom is -0.496 e. The molecule has 0 saturated heterocycles. The molecule has 2 aliphatic rings. The van der Waals surface area contributed by atoms with Gasteiger partial charge in [0.25, 0.3) is 0 Å². The molecule has 2 aliphatic carbocycles. The molecule has 0 saturated carbocycles. The summed E-state index contributed by atoms with van der Waals surface area (Å²) in [6.45, 7) is 5.77. The van der Waals surface area contributed by atoms with E-state index in [9.17, 15) is 4.79 Å². The highest BCUT2D eigenvalue weighted by atomic mass is 16.5. The maximum absolute atomic E-state index is 12.9. The second-order valence-corrected chi connectivity index (χ2v) is 9.87. The first-order valence-corrected chi connectivity index (χ1v) is 13.1. The number of methoxy groups -OCH3 is 2. The first kappa shape index (κ1) is 26.9. The second kappa shape index (κ2) is 12.4. The van der Waals surface area contributed by atoms with Crippen molar-refractivity contribution in [3.63, 3.8) is 0 Å². The van der Waals surface area contributed by atoms with Gasteiger partial charge in [-0.2, -0.15) is 5.26 Å². The number of benzene rings is 2. The van der Waals surface area contributed by atoms with Gasteiger partial charge in [-0.25, -0.2) is 0 Å². The summed E-state index contributed by atoms with van der Waals surface area (Å²) in [6.07, 6.45) is 18.2. The highest BCUT2D eigenvalue weighted by Crippen LogP contribution is 2.39. The molecule has 0 radical (unpaired) electrons. The number of Topliss-reactive ketones (excluding diaryl/α,β-unsaturated/α-hetero) is 1. The molecule has 0 fully saturated rings. The third-order valence-corrected chi connectivity index (χ3v) is 7.43. The van der Waals surface area contributed by atoms with E-state index in [4.69, 9.17) is 14.7 Å². The standard InChI is InChI=1S/C34H35NO3/c1-23(22-35)9-8-12-30-24(2)19-29(21-32(30)37-3)28-17-18-31(33(20-28)38-4)25-13-15-27(16-14-25)34(36)26-10-6-5-7-11-26/h5-6,8-10,13,15,17-21,25,27H,1,7,11-12,14,16H2,2-4H3/b9-8-. The predicted molar refractivity (Wildman–Crippen MR) is 153 cm³/mol. The Morgan fingerprint density at radius 1 is 1.11 bits per heavy atom. The largest absolute Gasteiger partial charge is 0.496 e. The average Bonchev–Trinajstić information content (AvgIpc) is 2.97. The Labute approximate surface area is 226 Å². The molecule has 38 heavy (non-hydrogen) atoms. The number of nitrogens with zero attached hydrogens (tertiary/aromatic N) is 1. The van der Waals surface area contributed by atoms with Crippen LogP contribution < -0.4 is 9.47 Å². The van der Waals surface area contributed by atoms with E-state index < -0.39 is 0 Å². The molecule has 4 rings (SSSR count). The van der Waals surface area contributed by atoms with Gasteiger partial charge in [0.1, 0.15) is 11.5 Å². The van der Waals surface area contributed by atoms with Crippen molar-refractivity contribution in [3.05, 3.63) is 107 Å². The minimum absolute atomic E-state index is 0.0314. The lowest BCUT2D eigenvalue weighted by Crippen LogP contribution is -2.19. The maximum atomic E-state index is 12.9. The normalized spacial score (nSPS) is 18.6. The van der Waals surface area contributed by atoms with E-state index in [-0.39, 0.29) is 17.6 Å². The molecule has 0 aromatic heterocycles. The molecule has 2 unspecified atom stereocenters. The molecule has 0 N–H and O–H groups in total. The van der Waals surface area contributed by atoms with Gasteiger partial charge in [0.2, 0.25) is 0 Å². The van der Waals surface area contributed by atoms with Crippen molar-refractivity contribution >= 4 is 5.78 Å². The fraction of sp³-hybridized carbons (Fsp3) is 0.294. The van der Waals surface area contributed by atoms with Crippen LogP contribution in [-0.4, -0.2) is 20.0 Å². The molecule has 0 amide bonds. The van der Waals surface area contributed by atoms with Crippen LogP contribution in [0, 0.1) is 24.2 Å². The highest BCUT2D eigenvalue weighted by molar-refractivity contribution is 5.98. The maximum Gasteiger partial charge on any atom is 0.165 e. The van der Waals surface area contributed by atoms with Crippen molar-refractivity contribution < 1.29 is 14.3 Å². The minimum atomic E-state index is -0.0314. The summed E-state index contributed by atoms with van der Waals surface area (Å²) >= 11 is 0. The Morgan fingerprint density at radius 3 is 2.55 bits per heavy atom. The van der Waals surface area contributed by atoms with Crippen molar-refractivity contribution in [1.82, 2.24) is 0 Å². The van der Waals surface area contributed by atoms with E-state index >= 15 is 0 Å². The SMILES string of the molecule is C=C(C#N)/C=C\Cc1c(C)cc(-c2ccc(C3C=CC(C(=O)C4=CC=CCC4)CC3)c(OC)c2)cc1OC. The van der Waals surface area contributed by atoms with Crippen LogP contribution in [0.2, 0.25) is 0 Å². The van der Waals surface area contributed by atoms with Gasteiger partial charge in [-0.15, -0.1) is 0 Å². The van der Waals surface area contributed by atoms with E-state index in [2.05, 4.69) is 62.1 Å². The Balaban J connectivity index is 1.55. The zero-order valence-corrected chi connectivity index (χ0v) is 22.5. The van der Waals surface area contributed by atoms with E-state index in [0.29, 0.717) is 12.0 Å². The van der Waals surface area contributed by atoms with Gasteiger partial charge < -0.3 is 9.47 Å². The van der Waals surface area contributed by atoms with Crippen LogP contribution in [0.4, 0.5) is 0 Å². The molecular weight excluding hydrogens is 470 g/mol. The third kappa shape index (κ3) is 6.06. The summed E-state index contributed by atoms with van der Waals surface area (Å²) < 4.78 is 11.6. The number of ether oxygens (including phenoxy) is 2. The quantitative estimate of drug-likeness (QED) is 0.199. The van der Waals surface area contributed by atoms with Crippen LogP contribution in [0.25, 0.3) is 11.1 Å². The monoisotopic (exact) mass is 505 g/mol. The van der Waals surface area contributed by atoms with Gasteiger partial charge in [0.15, 0.2) is 5.78 Å². The van der Waals surface area contributed by atoms with Crippen LogP contribution >= 0.6 is 0 Å². The van der Waals surface area contributed by atoms with Crippen molar-refractivity contribution in [2.24, 2.45) is 5.92 Å². The fourth-order valence-corrected chi connectivity index (χ4v) is 5.29. The summed E-state index contributed by atoms with van der Waals surface area (Å²) in [6, 6.07) is 12.6. The van der Waals surface area contributed by atoms with Crippen LogP contribution in [-0.2, 0) is 11.2 Å². The van der Waals surface area contributed by atoms with Gasteiger partial charge in [-0.05, 0) is 79.5 Å². The molecule has 0 heterocycles. The Morgan fingerprint density at radius 2 is 1.89 bits per heavy atom. The summed E-state index contributed by atoms with van der Waals surface area (Å²) in [7, 11) is 3.39. The molecule has 4 heteroatoms. The molecule has 0 spiro atoms. The first-order valence-electron chi connectivity index (χ1n) is 13.1. The molecule has 4 nitrogen and oxygen atoms in total. The number of allylic oxidation sites excluding steroid dienone is 9. The van der Waals surface area contributed by atoms with E-state index in [1.807, 2.05) is 24.3 Å². The summed E-state index contributed by atoms with van der Waals surface area (Å²) in [4.78, 5) is 12.9. The van der Waals surface area contributed by atoms with E-state index in [1.165, 1.54) is 0 Å². The molecule has 0 aliphatic heterocycles. The number of hydrogen-bond acceptors (Lipinski definition) is 4. The molecular formula is C34H35NO3. The third-order valence-electron chi connectivity index (χ3n) is 7.43. The Hall–Kier alpha value is -4.10. The lowest BCUT2D eigenvalue weighted by Gasteiger charge is -2.25. The summed E-state index contributed by atoms with van der Waals surface area (Å²) in [5.74, 6) is 2.11. The number of aryl methyl sites for hydroxylation is 1. The van der Waals surface area contributed by atoms with Crippen molar-refractivity contribution in [2.75, 3.05) is 14.2 Å². The lowest BCUT2D eigenvalue weighted by molar-refractivity contribution is -0.118.